The third-order valence-corrected chi connectivity index (χ3v) is 5.38. The predicted molar refractivity (Wildman–Crippen MR) is 131 cm³/mol. The first kappa shape index (κ1) is 21.8. The summed E-state index contributed by atoms with van der Waals surface area (Å²) in [6.07, 6.45) is 1.81. The molecule has 4 rings (SSSR count). The number of nitrogens with one attached hydrogen (secondary N) is 2. The average molecular weight is 465 g/mol. The van der Waals surface area contributed by atoms with Crippen molar-refractivity contribution in [1.29, 1.82) is 0 Å². The molecule has 0 aliphatic heterocycles. The molecule has 178 valence electrons. The summed E-state index contributed by atoms with van der Waals surface area (Å²) in [6, 6.07) is 15.7. The Morgan fingerprint density at radius 1 is 0.941 bits per heavy atom. The van der Waals surface area contributed by atoms with Gasteiger partial charge < -0.3 is 24.1 Å². The van der Waals surface area contributed by atoms with Crippen molar-refractivity contribution in [1.82, 2.24) is 19.9 Å². The van der Waals surface area contributed by atoms with Crippen LogP contribution in [0.3, 0.4) is 0 Å². The standard InChI is InChI=1S/C25H29N5O4/c1-4-5-14-34-25-28-22-21(26-24(31)27-22)23(29-25)30(15-17-6-10-19(32-2)11-7-17)16-18-8-12-20(33-3)13-9-18/h6-13H,4-5,14-16H2,1-3H3,(H2,26,27,28,29,31)/i/hD. The maximum absolute atomic E-state index is 12.3. The lowest BCUT2D eigenvalue weighted by Crippen LogP contribution is -2.24. The highest BCUT2D eigenvalue weighted by atomic mass is 16.5. The van der Waals surface area contributed by atoms with Gasteiger partial charge >= 0.3 is 11.7 Å². The molecule has 0 atom stereocenters. The number of H-pyrrole nitrogens is 2. The number of aromatic nitrogens is 4. The summed E-state index contributed by atoms with van der Waals surface area (Å²) in [6.45, 7) is 3.49. The van der Waals surface area contributed by atoms with Gasteiger partial charge in [-0.25, -0.2) is 4.79 Å². The van der Waals surface area contributed by atoms with Crippen molar-refractivity contribution in [3.05, 3.63) is 70.1 Å². The number of methoxy groups -OCH3 is 2. The molecule has 0 saturated heterocycles. The normalized spacial score (nSPS) is 11.3. The Balaban J connectivity index is 1.78. The minimum Gasteiger partial charge on any atom is -0.497 e. The fraction of sp³-hybridized carbons (Fsp3) is 0.320. The number of nitrogens with zero attached hydrogens (tertiary/aromatic N) is 3. The molecule has 0 aliphatic rings. The molecule has 9 nitrogen and oxygen atoms in total. The van der Waals surface area contributed by atoms with Crippen LogP contribution in [0.2, 0.25) is 1.41 Å². The van der Waals surface area contributed by atoms with E-state index in [1.807, 2.05) is 53.4 Å². The van der Waals surface area contributed by atoms with Crippen molar-refractivity contribution < 1.29 is 15.6 Å². The lowest BCUT2D eigenvalue weighted by atomic mass is 10.1. The molecule has 2 heterocycles. The molecule has 0 amide bonds. The highest BCUT2D eigenvalue weighted by molar-refractivity contribution is 5.83. The van der Waals surface area contributed by atoms with Crippen LogP contribution < -0.4 is 24.8 Å². The molecule has 0 radical (unpaired) electrons. The SMILES string of the molecule is [2H]n1c(=O)[nH]c2c(N(Cc3ccc(OC)cc3)Cc3ccc(OC)cc3)nc(OCCCC)nc21. The van der Waals surface area contributed by atoms with Crippen molar-refractivity contribution in [2.24, 2.45) is 0 Å². The summed E-state index contributed by atoms with van der Waals surface area (Å²) in [5.74, 6) is 2.01. The van der Waals surface area contributed by atoms with Gasteiger partial charge in [0.05, 0.1) is 20.8 Å². The van der Waals surface area contributed by atoms with E-state index in [9.17, 15) is 4.79 Å². The van der Waals surface area contributed by atoms with Gasteiger partial charge in [-0.2, -0.15) is 9.97 Å². The molecule has 0 aliphatic carbocycles. The molecule has 0 fully saturated rings. The second-order valence-electron chi connectivity index (χ2n) is 7.82. The number of anilines is 1. The molecule has 2 aromatic heterocycles. The highest BCUT2D eigenvalue weighted by Crippen LogP contribution is 2.27. The van der Waals surface area contributed by atoms with Crippen molar-refractivity contribution in [2.75, 3.05) is 25.7 Å². The number of imidazole rings is 1. The van der Waals surface area contributed by atoms with E-state index in [1.54, 1.807) is 14.2 Å². The zero-order valence-corrected chi connectivity index (χ0v) is 19.6. The summed E-state index contributed by atoms with van der Waals surface area (Å²) < 4.78 is 24.5. The van der Waals surface area contributed by atoms with E-state index in [1.165, 1.54) is 0 Å². The average Bonchev–Trinajstić information content (AvgIpc) is 3.17. The zero-order valence-electron chi connectivity index (χ0n) is 20.6. The van der Waals surface area contributed by atoms with E-state index in [4.69, 9.17) is 15.6 Å². The van der Waals surface area contributed by atoms with E-state index in [0.717, 1.165) is 40.4 Å². The summed E-state index contributed by atoms with van der Waals surface area (Å²) >= 11 is 0. The van der Waals surface area contributed by atoms with Gasteiger partial charge in [0.1, 0.15) is 17.0 Å². The minimum absolute atomic E-state index is 0.135. The molecular weight excluding hydrogens is 434 g/mol. The van der Waals surface area contributed by atoms with Crippen molar-refractivity contribution in [3.63, 3.8) is 0 Å². The maximum atomic E-state index is 12.3. The van der Waals surface area contributed by atoms with Gasteiger partial charge in [-0.15, -0.1) is 0 Å². The van der Waals surface area contributed by atoms with Crippen LogP contribution in [0.15, 0.2) is 53.3 Å². The number of fused-ring (bicyclic) bond motifs is 1. The molecule has 0 spiro atoms. The fourth-order valence-electron chi connectivity index (χ4n) is 3.55. The Morgan fingerprint density at radius 2 is 1.53 bits per heavy atom. The van der Waals surface area contributed by atoms with E-state index < -0.39 is 5.69 Å². The Morgan fingerprint density at radius 3 is 2.06 bits per heavy atom. The van der Waals surface area contributed by atoms with E-state index in [0.29, 0.717) is 31.0 Å². The molecule has 2 aromatic carbocycles. The highest BCUT2D eigenvalue weighted by Gasteiger charge is 2.19. The minimum atomic E-state index is -0.588. The molecule has 9 heteroatoms. The summed E-state index contributed by atoms with van der Waals surface area (Å²) in [5, 5.41) is 0. The smallest absolute Gasteiger partial charge is 0.325 e. The fourth-order valence-corrected chi connectivity index (χ4v) is 3.55. The van der Waals surface area contributed by atoms with E-state index >= 15 is 0 Å². The molecule has 4 aromatic rings. The molecule has 0 saturated carbocycles. The van der Waals surface area contributed by atoms with Gasteiger partial charge in [-0.05, 0) is 41.8 Å². The van der Waals surface area contributed by atoms with Crippen LogP contribution in [0.1, 0.15) is 30.9 Å². The van der Waals surface area contributed by atoms with Gasteiger partial charge in [0, 0.05) is 13.1 Å². The number of hydrogen-bond donors (Lipinski definition) is 2. The molecule has 34 heavy (non-hydrogen) atoms. The summed E-state index contributed by atoms with van der Waals surface area (Å²) in [7, 11) is 3.26. The number of ether oxygens (including phenoxy) is 3. The largest absolute Gasteiger partial charge is 0.497 e. The van der Waals surface area contributed by atoms with Crippen LogP contribution in [0.25, 0.3) is 11.2 Å². The van der Waals surface area contributed by atoms with Crippen LogP contribution in [0.4, 0.5) is 5.82 Å². The number of benzene rings is 2. The van der Waals surface area contributed by atoms with Gasteiger partial charge in [-0.1, -0.05) is 37.6 Å². The molecule has 0 unspecified atom stereocenters. The van der Waals surface area contributed by atoms with E-state index in [-0.39, 0.29) is 11.7 Å². The topological polar surface area (TPSA) is 105 Å². The second-order valence-corrected chi connectivity index (χ2v) is 7.82. The van der Waals surface area contributed by atoms with E-state index in [2.05, 4.69) is 21.9 Å². The van der Waals surface area contributed by atoms with Crippen LogP contribution in [0.5, 0.6) is 17.5 Å². The lowest BCUT2D eigenvalue weighted by Gasteiger charge is -2.25. The zero-order chi connectivity index (χ0) is 24.8. The summed E-state index contributed by atoms with van der Waals surface area (Å²) in [5.41, 5.74) is 2.00. The van der Waals surface area contributed by atoms with Crippen LogP contribution >= 0.6 is 0 Å². The Bertz CT molecular complexity index is 1270. The summed E-state index contributed by atoms with van der Waals surface area (Å²) in [4.78, 5) is 26.8. The molecule has 2 N–H and O–H groups in total. The Hall–Kier alpha value is -4.01. The molecular formula is C25H29N5O4. The Kier molecular flexibility index (Phi) is 6.89. The van der Waals surface area contributed by atoms with Gasteiger partial charge in [-0.3, -0.25) is 4.98 Å². The Labute approximate surface area is 199 Å². The van der Waals surface area contributed by atoms with Crippen LogP contribution in [-0.2, 0) is 13.1 Å². The number of unbranched alkanes of at least 4 members (excludes halogenated alkanes) is 1. The first-order valence-electron chi connectivity index (χ1n) is 11.6. The second kappa shape index (κ2) is 10.7. The third kappa shape index (κ3) is 5.48. The maximum Gasteiger partial charge on any atom is 0.325 e. The first-order valence-corrected chi connectivity index (χ1v) is 11.2. The predicted octanol–water partition coefficient (Wildman–Crippen LogP) is 4.05. The number of rotatable bonds is 11. The third-order valence-electron chi connectivity index (χ3n) is 5.38. The van der Waals surface area contributed by atoms with Gasteiger partial charge in [0.15, 0.2) is 12.9 Å². The van der Waals surface area contributed by atoms with Gasteiger partial charge in [0.2, 0.25) is 0 Å². The lowest BCUT2D eigenvalue weighted by molar-refractivity contribution is 0.286. The molecule has 0 bridgehead atoms. The van der Waals surface area contributed by atoms with Crippen LogP contribution in [0, 0.1) is 0 Å². The first-order chi connectivity index (χ1) is 17.0. The van der Waals surface area contributed by atoms with Crippen LogP contribution in [-0.4, -0.2) is 40.8 Å². The number of aromatic amines is 2. The van der Waals surface area contributed by atoms with Crippen molar-refractivity contribution in [3.8, 4) is 17.5 Å². The van der Waals surface area contributed by atoms with Crippen molar-refractivity contribution >= 4 is 17.0 Å². The monoisotopic (exact) mass is 464 g/mol. The quantitative estimate of drug-likeness (QED) is 0.323. The number of hydrogen-bond acceptors (Lipinski definition) is 7. The van der Waals surface area contributed by atoms with Gasteiger partial charge in [0.25, 0.3) is 0 Å². The van der Waals surface area contributed by atoms with Crippen molar-refractivity contribution in [2.45, 2.75) is 32.9 Å².